The highest BCUT2D eigenvalue weighted by Crippen LogP contribution is 2.68. The molecular formula is C28H43N3OS. The van der Waals surface area contributed by atoms with E-state index in [-0.39, 0.29) is 22.7 Å². The van der Waals surface area contributed by atoms with Crippen molar-refractivity contribution in [3.8, 4) is 0 Å². The molecule has 33 heavy (non-hydrogen) atoms. The molecule has 0 aromatic carbocycles. The zero-order valence-electron chi connectivity index (χ0n) is 21.7. The van der Waals surface area contributed by atoms with Gasteiger partial charge in [-0.25, -0.2) is 0 Å². The highest BCUT2D eigenvalue weighted by molar-refractivity contribution is 7.05. The van der Waals surface area contributed by atoms with Crippen molar-refractivity contribution in [1.29, 1.82) is 0 Å². The lowest BCUT2D eigenvalue weighted by Crippen LogP contribution is -2.54. The Kier molecular flexibility index (Phi) is 5.62. The van der Waals surface area contributed by atoms with E-state index in [0.717, 1.165) is 30.7 Å². The second-order valence-electron chi connectivity index (χ2n) is 13.2. The summed E-state index contributed by atoms with van der Waals surface area (Å²) in [6.45, 7) is 17.1. The highest BCUT2D eigenvalue weighted by atomic mass is 32.1. The standard InChI is InChI=1S/C28H43N3OS/c1-16(2)15-29-25(32)17(3)19-9-10-20-18-8-11-23-26(4,5)24-22(33-31-30-24)14-28(23,7)21(18)12-13-27(19,20)6/h11,16-21H,8-10,12-15H2,1-7H3,(H,29,32)/t17-,18-,19+,20-,21-,27+,28+/m0/s1. The number of nitrogens with one attached hydrogen (secondary N) is 1. The van der Waals surface area contributed by atoms with Crippen LogP contribution in [0.1, 0.15) is 91.1 Å². The van der Waals surface area contributed by atoms with Crippen molar-refractivity contribution in [2.45, 2.75) is 92.4 Å². The summed E-state index contributed by atoms with van der Waals surface area (Å²) in [6, 6.07) is 0. The first-order valence-electron chi connectivity index (χ1n) is 13.3. The molecule has 2 saturated carbocycles. The molecule has 0 unspecified atom stereocenters. The molecular weight excluding hydrogens is 426 g/mol. The van der Waals surface area contributed by atoms with E-state index in [2.05, 4.69) is 69.4 Å². The van der Waals surface area contributed by atoms with Gasteiger partial charge in [0.05, 0.1) is 10.6 Å². The molecule has 4 aliphatic carbocycles. The Bertz CT molecular complexity index is 964. The van der Waals surface area contributed by atoms with Crippen LogP contribution in [0.4, 0.5) is 0 Å². The lowest BCUT2D eigenvalue weighted by atomic mass is 9.45. The molecule has 1 N–H and O–H groups in total. The summed E-state index contributed by atoms with van der Waals surface area (Å²) in [5, 5.41) is 7.79. The minimum atomic E-state index is -0.0116. The Balaban J connectivity index is 1.41. The molecule has 0 aliphatic heterocycles. The van der Waals surface area contributed by atoms with Crippen molar-refractivity contribution < 1.29 is 4.79 Å². The first-order valence-corrected chi connectivity index (χ1v) is 14.1. The second-order valence-corrected chi connectivity index (χ2v) is 14.0. The average Bonchev–Trinajstić information content (AvgIpc) is 3.35. The Morgan fingerprint density at radius 3 is 2.64 bits per heavy atom. The van der Waals surface area contributed by atoms with Gasteiger partial charge in [0.15, 0.2) is 0 Å². The molecule has 4 nitrogen and oxygen atoms in total. The van der Waals surface area contributed by atoms with Gasteiger partial charge in [-0.1, -0.05) is 64.6 Å². The summed E-state index contributed by atoms with van der Waals surface area (Å²) in [7, 11) is 0. The van der Waals surface area contributed by atoms with Crippen molar-refractivity contribution in [2.75, 3.05) is 6.54 Å². The number of carbonyl (C=O) groups is 1. The summed E-state index contributed by atoms with van der Waals surface area (Å²) >= 11 is 1.62. The van der Waals surface area contributed by atoms with Crippen LogP contribution in [0.3, 0.4) is 0 Å². The minimum Gasteiger partial charge on any atom is -0.356 e. The van der Waals surface area contributed by atoms with E-state index < -0.39 is 0 Å². The van der Waals surface area contributed by atoms with Gasteiger partial charge in [-0.15, -0.1) is 5.10 Å². The first-order chi connectivity index (χ1) is 15.5. The number of hydrogen-bond acceptors (Lipinski definition) is 4. The molecule has 1 heterocycles. The van der Waals surface area contributed by atoms with Gasteiger partial charge in [0.1, 0.15) is 0 Å². The summed E-state index contributed by atoms with van der Waals surface area (Å²) in [4.78, 5) is 14.4. The van der Waals surface area contributed by atoms with Crippen LogP contribution in [-0.2, 0) is 16.6 Å². The van der Waals surface area contributed by atoms with Crippen LogP contribution in [0, 0.1) is 46.3 Å². The monoisotopic (exact) mass is 469 g/mol. The Morgan fingerprint density at radius 2 is 1.91 bits per heavy atom. The molecule has 182 valence electrons. The topological polar surface area (TPSA) is 54.9 Å². The Labute approximate surface area is 204 Å². The van der Waals surface area contributed by atoms with E-state index in [9.17, 15) is 4.79 Å². The van der Waals surface area contributed by atoms with E-state index in [1.165, 1.54) is 42.7 Å². The largest absolute Gasteiger partial charge is 0.356 e. The van der Waals surface area contributed by atoms with Gasteiger partial charge in [-0.05, 0) is 90.5 Å². The second kappa shape index (κ2) is 7.90. The number of hydrogen-bond donors (Lipinski definition) is 1. The third-order valence-electron chi connectivity index (χ3n) is 10.6. The van der Waals surface area contributed by atoms with Crippen LogP contribution in [0.5, 0.6) is 0 Å². The number of fused-ring (bicyclic) bond motifs is 6. The maximum absolute atomic E-state index is 13.0. The van der Waals surface area contributed by atoms with Gasteiger partial charge < -0.3 is 5.32 Å². The molecule has 1 amide bonds. The van der Waals surface area contributed by atoms with E-state index >= 15 is 0 Å². The first kappa shape index (κ1) is 23.5. The number of allylic oxidation sites excluding steroid dienone is 2. The summed E-state index contributed by atoms with van der Waals surface area (Å²) in [5.41, 5.74) is 3.34. The lowest BCUT2D eigenvalue weighted by molar-refractivity contribution is -0.129. The molecule has 1 aromatic rings. The number of rotatable bonds is 4. The predicted molar refractivity (Wildman–Crippen MR) is 135 cm³/mol. The van der Waals surface area contributed by atoms with E-state index in [4.69, 9.17) is 0 Å². The van der Waals surface area contributed by atoms with Crippen LogP contribution >= 0.6 is 11.5 Å². The Hall–Kier alpha value is -1.23. The molecule has 7 atom stereocenters. The van der Waals surface area contributed by atoms with Crippen molar-refractivity contribution >= 4 is 17.4 Å². The molecule has 0 spiro atoms. The van der Waals surface area contributed by atoms with Crippen molar-refractivity contribution in [3.63, 3.8) is 0 Å². The fourth-order valence-corrected chi connectivity index (χ4v) is 10.0. The number of amides is 1. The van der Waals surface area contributed by atoms with Crippen LogP contribution in [0.25, 0.3) is 0 Å². The van der Waals surface area contributed by atoms with E-state index in [1.54, 1.807) is 17.1 Å². The number of carbonyl (C=O) groups excluding carboxylic acids is 1. The zero-order chi connectivity index (χ0) is 23.8. The van der Waals surface area contributed by atoms with Gasteiger partial charge in [-0.3, -0.25) is 4.79 Å². The molecule has 1 aromatic heterocycles. The van der Waals surface area contributed by atoms with Crippen LogP contribution in [0.15, 0.2) is 11.6 Å². The minimum absolute atomic E-state index is 0.0116. The molecule has 4 aliphatic rings. The van der Waals surface area contributed by atoms with Crippen molar-refractivity contribution in [2.24, 2.45) is 46.3 Å². The van der Waals surface area contributed by atoms with Gasteiger partial charge in [0, 0.05) is 17.9 Å². The van der Waals surface area contributed by atoms with E-state index in [0.29, 0.717) is 17.3 Å². The maximum atomic E-state index is 13.0. The predicted octanol–water partition coefficient (Wildman–Crippen LogP) is 6.18. The van der Waals surface area contributed by atoms with Gasteiger partial charge in [0.2, 0.25) is 5.91 Å². The lowest BCUT2D eigenvalue weighted by Gasteiger charge is -2.59. The van der Waals surface area contributed by atoms with Gasteiger partial charge in [0.25, 0.3) is 0 Å². The summed E-state index contributed by atoms with van der Waals surface area (Å²) in [6.07, 6.45) is 9.98. The fraction of sp³-hybridized carbons (Fsp3) is 0.821. The van der Waals surface area contributed by atoms with Crippen molar-refractivity contribution in [3.05, 3.63) is 22.2 Å². The quantitative estimate of drug-likeness (QED) is 0.536. The highest BCUT2D eigenvalue weighted by Gasteiger charge is 2.61. The number of nitrogens with zero attached hydrogens (tertiary/aromatic N) is 2. The third kappa shape index (κ3) is 3.38. The normalized spacial score (nSPS) is 39.7. The van der Waals surface area contributed by atoms with Gasteiger partial charge in [-0.2, -0.15) is 0 Å². The molecule has 2 fully saturated rings. The van der Waals surface area contributed by atoms with Gasteiger partial charge >= 0.3 is 0 Å². The molecule has 0 saturated heterocycles. The van der Waals surface area contributed by atoms with Crippen LogP contribution in [0.2, 0.25) is 0 Å². The molecule has 0 bridgehead atoms. The van der Waals surface area contributed by atoms with Crippen LogP contribution < -0.4 is 5.32 Å². The third-order valence-corrected chi connectivity index (χ3v) is 11.3. The van der Waals surface area contributed by atoms with Crippen LogP contribution in [-0.4, -0.2) is 22.0 Å². The molecule has 0 radical (unpaired) electrons. The molecule has 5 rings (SSSR count). The molecule has 5 heteroatoms. The summed E-state index contributed by atoms with van der Waals surface area (Å²) < 4.78 is 4.35. The zero-order valence-corrected chi connectivity index (χ0v) is 22.5. The fourth-order valence-electron chi connectivity index (χ4n) is 9.06. The number of aromatic nitrogens is 2. The Morgan fingerprint density at radius 1 is 1.15 bits per heavy atom. The average molecular weight is 470 g/mol. The smallest absolute Gasteiger partial charge is 0.223 e. The SMILES string of the molecule is CC(C)CNC(=O)[C@@H](C)[C@H]1CC[C@H]2[C@@H]3CC=C4C(C)(C)c5nnsc5C[C@]4(C)[C@H]3CC[C@]12C. The van der Waals surface area contributed by atoms with Crippen molar-refractivity contribution in [1.82, 2.24) is 14.9 Å². The maximum Gasteiger partial charge on any atom is 0.223 e. The summed E-state index contributed by atoms with van der Waals surface area (Å²) in [5.74, 6) is 3.60. The van der Waals surface area contributed by atoms with E-state index in [1.807, 2.05) is 0 Å².